The Morgan fingerprint density at radius 3 is 2.63 bits per heavy atom. The van der Waals surface area contributed by atoms with E-state index in [1.807, 2.05) is 0 Å². The number of aliphatic carboxylic acids is 1. The molecule has 1 aromatic heterocycles. The highest BCUT2D eigenvalue weighted by atomic mass is 32.2. The van der Waals surface area contributed by atoms with Crippen LogP contribution < -0.4 is 4.72 Å². The molecule has 0 aliphatic carbocycles. The van der Waals surface area contributed by atoms with Crippen LogP contribution in [0.3, 0.4) is 0 Å². The van der Waals surface area contributed by atoms with Gasteiger partial charge in [-0.05, 0) is 26.3 Å². The number of halogens is 1. The zero-order valence-electron chi connectivity index (χ0n) is 10.6. The number of hydrogen-bond donors (Lipinski definition) is 2. The van der Waals surface area contributed by atoms with Crippen molar-refractivity contribution >= 4 is 16.0 Å². The summed E-state index contributed by atoms with van der Waals surface area (Å²) in [4.78, 5) is 13.7. The fraction of sp³-hybridized carbons (Fsp3) is 0.455. The molecule has 19 heavy (non-hydrogen) atoms. The lowest BCUT2D eigenvalue weighted by molar-refractivity contribution is -0.137. The maximum absolute atomic E-state index is 13.0. The number of carboxylic acids is 1. The number of rotatable bonds is 6. The Labute approximate surface area is 110 Å². The summed E-state index contributed by atoms with van der Waals surface area (Å²) in [6.45, 7) is 3.11. The Morgan fingerprint density at radius 1 is 1.47 bits per heavy atom. The molecule has 0 aliphatic rings. The van der Waals surface area contributed by atoms with Crippen molar-refractivity contribution in [2.45, 2.75) is 37.1 Å². The van der Waals surface area contributed by atoms with Crippen LogP contribution in [0, 0.1) is 5.82 Å². The summed E-state index contributed by atoms with van der Waals surface area (Å²) in [6.07, 6.45) is 1.87. The molecule has 1 aromatic rings. The highest BCUT2D eigenvalue weighted by Crippen LogP contribution is 2.17. The summed E-state index contributed by atoms with van der Waals surface area (Å²) in [5, 5.41) is 8.59. The van der Waals surface area contributed by atoms with Gasteiger partial charge in [-0.1, -0.05) is 0 Å². The van der Waals surface area contributed by atoms with E-state index in [1.165, 1.54) is 0 Å². The van der Waals surface area contributed by atoms with E-state index in [0.29, 0.717) is 0 Å². The minimum atomic E-state index is -3.93. The number of nitrogens with zero attached hydrogens (tertiary/aromatic N) is 1. The van der Waals surface area contributed by atoms with Gasteiger partial charge < -0.3 is 5.11 Å². The number of hydrogen-bond acceptors (Lipinski definition) is 4. The van der Waals surface area contributed by atoms with Crippen molar-refractivity contribution in [2.24, 2.45) is 0 Å². The lowest BCUT2D eigenvalue weighted by Gasteiger charge is -2.25. The van der Waals surface area contributed by atoms with Gasteiger partial charge in [0.15, 0.2) is 0 Å². The van der Waals surface area contributed by atoms with E-state index < -0.39 is 27.3 Å². The summed E-state index contributed by atoms with van der Waals surface area (Å²) in [5.41, 5.74) is -0.955. The zero-order valence-corrected chi connectivity index (χ0v) is 11.4. The third-order valence-corrected chi connectivity index (χ3v) is 4.03. The molecule has 0 atom stereocenters. The second-order valence-corrected chi connectivity index (χ2v) is 6.40. The van der Waals surface area contributed by atoms with E-state index in [1.54, 1.807) is 13.8 Å². The molecular formula is C11H15FN2O4S. The zero-order chi connectivity index (χ0) is 14.7. The van der Waals surface area contributed by atoms with E-state index in [-0.39, 0.29) is 17.7 Å². The number of nitrogens with one attached hydrogen (secondary N) is 1. The third-order valence-electron chi connectivity index (χ3n) is 2.36. The topological polar surface area (TPSA) is 96.4 Å². The van der Waals surface area contributed by atoms with E-state index in [4.69, 9.17) is 5.11 Å². The van der Waals surface area contributed by atoms with Crippen molar-refractivity contribution in [1.82, 2.24) is 9.71 Å². The molecule has 0 unspecified atom stereocenters. The van der Waals surface area contributed by atoms with Crippen LogP contribution in [0.1, 0.15) is 26.7 Å². The van der Waals surface area contributed by atoms with Gasteiger partial charge in [0.1, 0.15) is 10.7 Å². The molecule has 2 N–H and O–H groups in total. The predicted molar refractivity (Wildman–Crippen MR) is 65.5 cm³/mol. The van der Waals surface area contributed by atoms with Crippen molar-refractivity contribution in [3.63, 3.8) is 0 Å². The van der Waals surface area contributed by atoms with Gasteiger partial charge in [0.05, 0.1) is 6.20 Å². The van der Waals surface area contributed by atoms with E-state index in [0.717, 1.165) is 18.5 Å². The van der Waals surface area contributed by atoms with Gasteiger partial charge in [-0.3, -0.25) is 9.78 Å². The fourth-order valence-electron chi connectivity index (χ4n) is 1.43. The van der Waals surface area contributed by atoms with Crippen molar-refractivity contribution in [3.05, 3.63) is 24.3 Å². The van der Waals surface area contributed by atoms with Gasteiger partial charge in [-0.25, -0.2) is 17.5 Å². The highest BCUT2D eigenvalue weighted by molar-refractivity contribution is 7.89. The van der Waals surface area contributed by atoms with Gasteiger partial charge in [0, 0.05) is 18.2 Å². The molecule has 106 valence electrons. The van der Waals surface area contributed by atoms with Crippen LogP contribution in [-0.4, -0.2) is 30.0 Å². The molecule has 0 aromatic carbocycles. The van der Waals surface area contributed by atoms with E-state index in [9.17, 15) is 17.6 Å². The average Bonchev–Trinajstić information content (AvgIpc) is 2.25. The van der Waals surface area contributed by atoms with E-state index in [2.05, 4.69) is 9.71 Å². The fourth-order valence-corrected chi connectivity index (χ4v) is 2.85. The van der Waals surface area contributed by atoms with Gasteiger partial charge in [-0.15, -0.1) is 0 Å². The predicted octanol–water partition coefficient (Wildman–Crippen LogP) is 1.14. The molecule has 0 aliphatic heterocycles. The molecule has 1 rings (SSSR count). The van der Waals surface area contributed by atoms with Crippen LogP contribution in [0.2, 0.25) is 0 Å². The molecular weight excluding hydrogens is 275 g/mol. The van der Waals surface area contributed by atoms with Crippen LogP contribution in [-0.2, 0) is 14.8 Å². The van der Waals surface area contributed by atoms with Crippen molar-refractivity contribution in [2.75, 3.05) is 0 Å². The summed E-state index contributed by atoms with van der Waals surface area (Å²) < 4.78 is 39.2. The van der Waals surface area contributed by atoms with Crippen LogP contribution >= 0.6 is 0 Å². The number of sulfonamides is 1. The SMILES string of the molecule is CC(C)(CCC(=O)O)NS(=O)(=O)c1cncc(F)c1. The molecule has 6 nitrogen and oxygen atoms in total. The lowest BCUT2D eigenvalue weighted by Crippen LogP contribution is -2.43. The maximum Gasteiger partial charge on any atom is 0.303 e. The number of pyridine rings is 1. The molecule has 0 radical (unpaired) electrons. The highest BCUT2D eigenvalue weighted by Gasteiger charge is 2.27. The average molecular weight is 290 g/mol. The molecule has 0 fully saturated rings. The van der Waals surface area contributed by atoms with Crippen molar-refractivity contribution < 1.29 is 22.7 Å². The third kappa shape index (κ3) is 4.92. The maximum atomic E-state index is 13.0. The first-order chi connectivity index (χ1) is 8.62. The first kappa shape index (κ1) is 15.5. The Hall–Kier alpha value is -1.54. The molecule has 0 bridgehead atoms. The van der Waals surface area contributed by atoms with Gasteiger partial charge in [-0.2, -0.15) is 0 Å². The quantitative estimate of drug-likeness (QED) is 0.819. The first-order valence-electron chi connectivity index (χ1n) is 5.49. The lowest BCUT2D eigenvalue weighted by atomic mass is 10.0. The molecule has 0 spiro atoms. The second-order valence-electron chi connectivity index (χ2n) is 4.72. The number of aromatic nitrogens is 1. The largest absolute Gasteiger partial charge is 0.481 e. The summed E-state index contributed by atoms with van der Waals surface area (Å²) in [7, 11) is -3.93. The second kappa shape index (κ2) is 5.62. The first-order valence-corrected chi connectivity index (χ1v) is 6.97. The Kier molecular flexibility index (Phi) is 4.59. The van der Waals surface area contributed by atoms with E-state index >= 15 is 0 Å². The monoisotopic (exact) mass is 290 g/mol. The smallest absolute Gasteiger partial charge is 0.303 e. The molecule has 8 heteroatoms. The molecule has 0 amide bonds. The minimum Gasteiger partial charge on any atom is -0.481 e. The molecule has 1 heterocycles. The van der Waals surface area contributed by atoms with Crippen molar-refractivity contribution in [1.29, 1.82) is 0 Å². The summed E-state index contributed by atoms with van der Waals surface area (Å²) in [5.74, 6) is -1.77. The van der Waals surface area contributed by atoms with Crippen LogP contribution in [0.5, 0.6) is 0 Å². The number of carbonyl (C=O) groups is 1. The minimum absolute atomic E-state index is 0.115. The van der Waals surface area contributed by atoms with Crippen LogP contribution in [0.25, 0.3) is 0 Å². The number of carboxylic acid groups (broad SMARTS) is 1. The Morgan fingerprint density at radius 2 is 2.11 bits per heavy atom. The van der Waals surface area contributed by atoms with Gasteiger partial charge >= 0.3 is 5.97 Å². The summed E-state index contributed by atoms with van der Waals surface area (Å²) in [6, 6.07) is 0.850. The summed E-state index contributed by atoms with van der Waals surface area (Å²) >= 11 is 0. The van der Waals surface area contributed by atoms with Crippen LogP contribution in [0.4, 0.5) is 4.39 Å². The molecule has 0 saturated carbocycles. The van der Waals surface area contributed by atoms with Gasteiger partial charge in [0.25, 0.3) is 0 Å². The van der Waals surface area contributed by atoms with Crippen molar-refractivity contribution in [3.8, 4) is 0 Å². The standard InChI is InChI=1S/C11H15FN2O4S/c1-11(2,4-3-10(15)16)14-19(17,18)9-5-8(12)6-13-7-9/h5-7,14H,3-4H2,1-2H3,(H,15,16). The van der Waals surface area contributed by atoms with Gasteiger partial charge in [0.2, 0.25) is 10.0 Å². The normalized spacial score (nSPS) is 12.4. The van der Waals surface area contributed by atoms with Crippen LogP contribution in [0.15, 0.2) is 23.4 Å². The Bertz CT molecular complexity index is 572. The Balaban J connectivity index is 2.87. The molecule has 0 saturated heterocycles.